The van der Waals surface area contributed by atoms with Crippen molar-refractivity contribution in [3.63, 3.8) is 0 Å². The van der Waals surface area contributed by atoms with E-state index in [-0.39, 0.29) is 50.1 Å². The zero-order chi connectivity index (χ0) is 41.5. The maximum atomic E-state index is 13.9. The van der Waals surface area contributed by atoms with Gasteiger partial charge in [-0.25, -0.2) is 13.2 Å². The number of aromatic amines is 1. The Morgan fingerprint density at radius 2 is 1.53 bits per heavy atom. The summed E-state index contributed by atoms with van der Waals surface area (Å²) >= 11 is 0. The van der Waals surface area contributed by atoms with Crippen LogP contribution in [0.25, 0.3) is 10.9 Å². The maximum absolute atomic E-state index is 13.9. The van der Waals surface area contributed by atoms with Crippen LogP contribution >= 0.6 is 0 Å². The number of alkyl carbamates (subject to hydrolysis) is 1. The Labute approximate surface area is 343 Å². The Balaban J connectivity index is 0.996. The smallest absolute Gasteiger partial charge is 0.407 e. The number of aromatic nitrogens is 1. The van der Waals surface area contributed by atoms with Gasteiger partial charge in [-0.1, -0.05) is 48.0 Å². The monoisotopic (exact) mass is 826 g/mol. The van der Waals surface area contributed by atoms with Crippen molar-refractivity contribution < 1.29 is 41.7 Å². The summed E-state index contributed by atoms with van der Waals surface area (Å²) in [5.41, 5.74) is 5.07. The number of fused-ring (bicyclic) bond motifs is 1. The molecule has 0 radical (unpaired) electrons. The van der Waals surface area contributed by atoms with Gasteiger partial charge in [-0.05, 0) is 79.1 Å². The van der Waals surface area contributed by atoms with Crippen LogP contribution in [0.5, 0.6) is 0 Å². The number of nitrogens with one attached hydrogen (secondary N) is 5. The molecule has 6 rings (SSSR count). The van der Waals surface area contributed by atoms with Gasteiger partial charge < -0.3 is 44.8 Å². The quantitative estimate of drug-likeness (QED) is 0.0698. The second kappa shape index (κ2) is 21.3. The third-order valence-electron chi connectivity index (χ3n) is 9.54. The van der Waals surface area contributed by atoms with Crippen molar-refractivity contribution in [3.05, 3.63) is 126 Å². The number of hydrogen-bond donors (Lipinski definition) is 5. The number of H-pyrrole nitrogens is 1. The van der Waals surface area contributed by atoms with Crippen LogP contribution in [0.1, 0.15) is 27.0 Å². The molecule has 15 nitrogen and oxygen atoms in total. The number of sulfonamides is 1. The van der Waals surface area contributed by atoms with Gasteiger partial charge in [-0.3, -0.25) is 9.59 Å². The topological polar surface area (TPSA) is 189 Å². The minimum Gasteiger partial charge on any atom is -0.445 e. The number of aryl methyl sites for hydroxylation is 1. The minimum atomic E-state index is -4.09. The van der Waals surface area contributed by atoms with E-state index in [2.05, 4.69) is 30.6 Å². The number of nitrogens with zero attached hydrogens (tertiary/aromatic N) is 1. The molecule has 312 valence electrons. The molecule has 5 aromatic rings. The van der Waals surface area contributed by atoms with Crippen molar-refractivity contribution in [1.29, 1.82) is 0 Å². The first-order valence-corrected chi connectivity index (χ1v) is 20.9. The third-order valence-corrected chi connectivity index (χ3v) is 11.0. The molecular formula is C43H50N6O9S. The molecule has 1 aliphatic rings. The Kier molecular flexibility index (Phi) is 15.4. The Morgan fingerprint density at radius 3 is 2.24 bits per heavy atom. The van der Waals surface area contributed by atoms with Crippen LogP contribution in [0, 0.1) is 6.92 Å². The van der Waals surface area contributed by atoms with Crippen LogP contribution in [0.4, 0.5) is 16.2 Å². The van der Waals surface area contributed by atoms with E-state index in [0.717, 1.165) is 35.4 Å². The number of amides is 3. The van der Waals surface area contributed by atoms with E-state index in [0.29, 0.717) is 48.6 Å². The highest BCUT2D eigenvalue weighted by Crippen LogP contribution is 2.24. The van der Waals surface area contributed by atoms with Gasteiger partial charge in [0.05, 0.1) is 44.5 Å². The van der Waals surface area contributed by atoms with Crippen molar-refractivity contribution in [3.8, 4) is 0 Å². The predicted molar refractivity (Wildman–Crippen MR) is 224 cm³/mol. The molecule has 3 amide bonds. The van der Waals surface area contributed by atoms with Gasteiger partial charge in [0.25, 0.3) is 5.91 Å². The molecule has 0 bridgehead atoms. The highest BCUT2D eigenvalue weighted by Gasteiger charge is 2.28. The van der Waals surface area contributed by atoms with E-state index >= 15 is 0 Å². The van der Waals surface area contributed by atoms with Crippen molar-refractivity contribution in [2.75, 3.05) is 76.0 Å². The van der Waals surface area contributed by atoms with Crippen molar-refractivity contribution in [2.24, 2.45) is 0 Å². The number of anilines is 2. The van der Waals surface area contributed by atoms with Crippen molar-refractivity contribution in [1.82, 2.24) is 20.3 Å². The SMILES string of the molecule is Cc1ccc(S(=O)(=O)NC(Cc2c[nH]c3ccc(C(=O)NCCOCCOCCNC(=O)OCc4ccccc4)cc23)C(=O)Nc2ccc(N3CCOCC3)cc2)cc1. The van der Waals surface area contributed by atoms with E-state index in [1.165, 1.54) is 12.1 Å². The average Bonchev–Trinajstić information content (AvgIpc) is 3.66. The lowest BCUT2D eigenvalue weighted by molar-refractivity contribution is -0.117. The van der Waals surface area contributed by atoms with Crippen molar-refractivity contribution in [2.45, 2.75) is 30.9 Å². The lowest BCUT2D eigenvalue weighted by atomic mass is 10.0. The van der Waals surface area contributed by atoms with E-state index in [4.69, 9.17) is 18.9 Å². The first kappa shape index (κ1) is 42.8. The standard InChI is InChI=1S/C43H50N6O9S/c1-31-7-14-37(15-8-31)59(53,54)48-40(42(51)47-35-10-12-36(13-11-35)49-19-23-57-24-20-49)28-34-29-46-39-16-9-33(27-38(34)39)41(50)44-17-21-55-25-26-56-22-18-45-43(52)58-30-32-5-3-2-4-6-32/h2-16,27,29,40,46,48H,17-26,28,30H2,1H3,(H,44,50)(H,45,52)(H,47,51). The number of hydrogen-bond acceptors (Lipinski definition) is 10. The van der Waals surface area contributed by atoms with Crippen LogP contribution in [0.2, 0.25) is 0 Å². The summed E-state index contributed by atoms with van der Waals surface area (Å²) in [6.07, 6.45) is 1.19. The summed E-state index contributed by atoms with van der Waals surface area (Å²) in [6.45, 7) is 6.58. The molecule has 1 aliphatic heterocycles. The van der Waals surface area contributed by atoms with Gasteiger partial charge in [0, 0.05) is 60.2 Å². The molecule has 1 atom stereocenters. The van der Waals surface area contributed by atoms with Gasteiger partial charge >= 0.3 is 6.09 Å². The highest BCUT2D eigenvalue weighted by molar-refractivity contribution is 7.89. The van der Waals surface area contributed by atoms with Gasteiger partial charge in [0.1, 0.15) is 12.6 Å². The lowest BCUT2D eigenvalue weighted by Crippen LogP contribution is -2.45. The fraction of sp³-hybridized carbons (Fsp3) is 0.326. The number of rotatable bonds is 20. The Morgan fingerprint density at radius 1 is 0.831 bits per heavy atom. The minimum absolute atomic E-state index is 0.00181. The van der Waals surface area contributed by atoms with Crippen LogP contribution < -0.4 is 25.6 Å². The second-order valence-electron chi connectivity index (χ2n) is 13.9. The van der Waals surface area contributed by atoms with E-state index in [9.17, 15) is 22.8 Å². The zero-order valence-corrected chi connectivity index (χ0v) is 33.7. The molecule has 16 heteroatoms. The Bertz CT molecular complexity index is 2250. The first-order valence-electron chi connectivity index (χ1n) is 19.5. The molecule has 1 fully saturated rings. The predicted octanol–water partition coefficient (Wildman–Crippen LogP) is 4.53. The van der Waals surface area contributed by atoms with Crippen molar-refractivity contribution >= 4 is 50.2 Å². The van der Waals surface area contributed by atoms with E-state index in [1.54, 1.807) is 48.7 Å². The third kappa shape index (κ3) is 12.9. The van der Waals surface area contributed by atoms with Gasteiger partial charge in [-0.15, -0.1) is 0 Å². The fourth-order valence-corrected chi connectivity index (χ4v) is 7.53. The molecule has 59 heavy (non-hydrogen) atoms. The summed E-state index contributed by atoms with van der Waals surface area (Å²) in [5.74, 6) is -0.858. The number of carbonyl (C=O) groups is 3. The van der Waals surface area contributed by atoms with E-state index < -0.39 is 28.1 Å². The summed E-state index contributed by atoms with van der Waals surface area (Å²) in [5, 5.41) is 9.03. The zero-order valence-electron chi connectivity index (χ0n) is 32.9. The molecule has 4 aromatic carbocycles. The summed E-state index contributed by atoms with van der Waals surface area (Å²) < 4.78 is 51.4. The molecule has 1 unspecified atom stereocenters. The normalized spacial score (nSPS) is 13.5. The maximum Gasteiger partial charge on any atom is 0.407 e. The summed E-state index contributed by atoms with van der Waals surface area (Å²) in [7, 11) is -4.09. The van der Waals surface area contributed by atoms with Crippen LogP contribution in [0.3, 0.4) is 0 Å². The molecule has 0 saturated carbocycles. The Hall–Kier alpha value is -5.78. The van der Waals surface area contributed by atoms with Gasteiger partial charge in [0.15, 0.2) is 0 Å². The van der Waals surface area contributed by atoms with E-state index in [1.807, 2.05) is 49.4 Å². The van der Waals surface area contributed by atoms with Gasteiger partial charge in [0.2, 0.25) is 15.9 Å². The fourth-order valence-electron chi connectivity index (χ4n) is 6.34. The highest BCUT2D eigenvalue weighted by atomic mass is 32.2. The first-order chi connectivity index (χ1) is 28.6. The molecule has 1 aromatic heterocycles. The molecule has 0 aliphatic carbocycles. The van der Waals surface area contributed by atoms with Crippen LogP contribution in [-0.4, -0.2) is 103 Å². The average molecular weight is 827 g/mol. The molecule has 1 saturated heterocycles. The number of morpholine rings is 1. The number of benzene rings is 4. The van der Waals surface area contributed by atoms with Crippen LogP contribution in [0.15, 0.2) is 108 Å². The summed E-state index contributed by atoms with van der Waals surface area (Å²) in [4.78, 5) is 44.2. The largest absolute Gasteiger partial charge is 0.445 e. The number of ether oxygens (including phenoxy) is 4. The van der Waals surface area contributed by atoms with Gasteiger partial charge in [-0.2, -0.15) is 4.72 Å². The molecule has 0 spiro atoms. The number of carbonyl (C=O) groups excluding carboxylic acids is 3. The summed E-state index contributed by atoms with van der Waals surface area (Å²) in [6, 6.07) is 27.2. The second-order valence-corrected chi connectivity index (χ2v) is 15.6. The van der Waals surface area contributed by atoms with Crippen LogP contribution in [-0.2, 0) is 46.8 Å². The lowest BCUT2D eigenvalue weighted by Gasteiger charge is -2.29. The molecule has 2 heterocycles. The molecule has 5 N–H and O–H groups in total. The molecular weight excluding hydrogens is 777 g/mol.